The zero-order chi connectivity index (χ0) is 28.7. The van der Waals surface area contributed by atoms with Gasteiger partial charge in [0, 0.05) is 6.42 Å². The molecule has 0 aliphatic heterocycles. The van der Waals surface area contributed by atoms with Crippen LogP contribution in [0.3, 0.4) is 0 Å². The number of carbonyl (C=O) groups is 1. The van der Waals surface area contributed by atoms with Crippen LogP contribution in [0.1, 0.15) is 12.8 Å². The second kappa shape index (κ2) is 9.40. The highest BCUT2D eigenvalue weighted by molar-refractivity contribution is 5.82. The molecule has 0 aliphatic carbocycles. The molecule has 0 aromatic rings. The molecule has 0 N–H and O–H groups in total. The minimum atomic E-state index is -8.85. The summed E-state index contributed by atoms with van der Waals surface area (Å²) >= 11 is 0. The van der Waals surface area contributed by atoms with Gasteiger partial charge in [-0.3, -0.25) is 0 Å². The predicted octanol–water partition coefficient (Wildman–Crippen LogP) is 7.10. The summed E-state index contributed by atoms with van der Waals surface area (Å²) in [5.74, 6) is -42.7. The van der Waals surface area contributed by atoms with Crippen LogP contribution in [0.25, 0.3) is 0 Å². The highest BCUT2D eigenvalue weighted by atomic mass is 19.4. The molecule has 0 heterocycles. The molecule has 0 atom stereocenters. The van der Waals surface area contributed by atoms with Crippen molar-refractivity contribution in [3.8, 4) is 0 Å². The number of carbonyl (C=O) groups excluding carboxylic acids is 1. The number of hydrogen-bond acceptors (Lipinski definition) is 2. The Morgan fingerprint density at radius 3 is 1.31 bits per heavy atom. The van der Waals surface area contributed by atoms with Gasteiger partial charge in [-0.25, -0.2) is 9.18 Å². The van der Waals surface area contributed by atoms with Gasteiger partial charge in [0.2, 0.25) is 0 Å². The molecule has 0 aromatic carbocycles. The number of alkyl halides is 17. The Labute approximate surface area is 179 Å². The summed E-state index contributed by atoms with van der Waals surface area (Å²) in [7, 11) is 0. The normalized spacial score (nSPS) is 15.2. The minimum Gasteiger partial charge on any atom is -0.462 e. The van der Waals surface area contributed by atoms with E-state index in [4.69, 9.17) is 0 Å². The van der Waals surface area contributed by atoms with Gasteiger partial charge in [-0.15, -0.1) is 0 Å². The maximum atomic E-state index is 13.5. The summed E-state index contributed by atoms with van der Waals surface area (Å²) in [4.78, 5) is 10.6. The molecule has 35 heavy (non-hydrogen) atoms. The van der Waals surface area contributed by atoms with Crippen LogP contribution in [0, 0.1) is 0 Å². The lowest BCUT2D eigenvalue weighted by Crippen LogP contribution is -2.76. The topological polar surface area (TPSA) is 26.3 Å². The first-order chi connectivity index (χ1) is 15.1. The van der Waals surface area contributed by atoms with Crippen LogP contribution < -0.4 is 0 Å². The van der Waals surface area contributed by atoms with E-state index in [1.165, 1.54) is 0 Å². The van der Waals surface area contributed by atoms with Crippen LogP contribution in [0.5, 0.6) is 0 Å². The van der Waals surface area contributed by atoms with Crippen molar-refractivity contribution in [1.82, 2.24) is 0 Å². The van der Waals surface area contributed by atoms with Crippen molar-refractivity contribution in [2.45, 2.75) is 60.5 Å². The number of ether oxygens (including phenoxy) is 1. The third kappa shape index (κ3) is 5.36. The van der Waals surface area contributed by atoms with Gasteiger partial charge in [-0.05, 0) is 6.42 Å². The fraction of sp³-hybridized carbons (Fsp3) is 0.786. The zero-order valence-corrected chi connectivity index (χ0v) is 15.7. The van der Waals surface area contributed by atoms with E-state index in [2.05, 4.69) is 4.74 Å². The molecule has 2 nitrogen and oxygen atoms in total. The fourth-order valence-electron chi connectivity index (χ4n) is 2.11. The van der Waals surface area contributed by atoms with Crippen LogP contribution in [0.15, 0.2) is 12.2 Å². The van der Waals surface area contributed by atoms with E-state index in [0.29, 0.717) is 0 Å². The SMILES string of the molecule is O=C(C=C(F)F)OCCCC(F)(F)C(F)(F)C(F)(F)C(F)(F)C(F)(F)C(F)(C(F)(F)F)C(F)(F)F. The van der Waals surface area contributed by atoms with E-state index in [9.17, 15) is 88.2 Å². The van der Waals surface area contributed by atoms with Crippen molar-refractivity contribution in [2.75, 3.05) is 6.61 Å². The van der Waals surface area contributed by atoms with E-state index < -0.39 is 85.2 Å². The highest BCUT2D eigenvalue weighted by Crippen LogP contribution is 2.65. The summed E-state index contributed by atoms with van der Waals surface area (Å²) in [5, 5.41) is 0. The molecule has 0 saturated carbocycles. The predicted molar refractivity (Wildman–Crippen MR) is 71.2 cm³/mol. The fourth-order valence-corrected chi connectivity index (χ4v) is 2.11. The Kier molecular flexibility index (Phi) is 8.83. The lowest BCUT2D eigenvalue weighted by molar-refractivity contribution is -0.465. The maximum Gasteiger partial charge on any atom is 0.438 e. The Balaban J connectivity index is 6.26. The maximum absolute atomic E-state index is 13.5. The molecule has 0 aliphatic rings. The van der Waals surface area contributed by atoms with Gasteiger partial charge in [0.15, 0.2) is 0 Å². The Morgan fingerprint density at radius 1 is 0.600 bits per heavy atom. The summed E-state index contributed by atoms with van der Waals surface area (Å²) in [5.41, 5.74) is -8.63. The van der Waals surface area contributed by atoms with E-state index in [0.717, 1.165) is 0 Å². The molecule has 0 radical (unpaired) electrons. The van der Waals surface area contributed by atoms with E-state index >= 15 is 0 Å². The molecule has 208 valence electrons. The Bertz CT molecular complexity index is 772. The third-order valence-electron chi connectivity index (χ3n) is 3.96. The highest BCUT2D eigenvalue weighted by Gasteiger charge is 2.97. The quantitative estimate of drug-likeness (QED) is 0.122. The van der Waals surface area contributed by atoms with Crippen LogP contribution in [-0.2, 0) is 9.53 Å². The molecular formula is C14H7F19O2. The molecule has 0 bridgehead atoms. The molecule has 0 fully saturated rings. The van der Waals surface area contributed by atoms with Crippen molar-refractivity contribution in [3.05, 3.63) is 12.2 Å². The first-order valence-electron chi connectivity index (χ1n) is 7.97. The van der Waals surface area contributed by atoms with E-state index in [-0.39, 0.29) is 0 Å². The van der Waals surface area contributed by atoms with Crippen LogP contribution >= 0.6 is 0 Å². The molecular weight excluding hydrogens is 561 g/mol. The number of halogens is 19. The van der Waals surface area contributed by atoms with Crippen LogP contribution in [-0.4, -0.2) is 60.2 Å². The number of hydrogen-bond donors (Lipinski definition) is 0. The molecule has 21 heteroatoms. The number of rotatable bonds is 10. The average Bonchev–Trinajstić information content (AvgIpc) is 2.61. The smallest absolute Gasteiger partial charge is 0.438 e. The van der Waals surface area contributed by atoms with Gasteiger partial charge in [-0.2, -0.15) is 79.0 Å². The summed E-state index contributed by atoms with van der Waals surface area (Å²) in [6, 6.07) is 0. The largest absolute Gasteiger partial charge is 0.462 e. The van der Waals surface area contributed by atoms with Crippen molar-refractivity contribution >= 4 is 5.97 Å². The second-order valence-electron chi connectivity index (χ2n) is 6.36. The van der Waals surface area contributed by atoms with Crippen molar-refractivity contribution in [3.63, 3.8) is 0 Å². The summed E-state index contributed by atoms with van der Waals surface area (Å²) < 4.78 is 249. The van der Waals surface area contributed by atoms with Crippen LogP contribution in [0.4, 0.5) is 83.4 Å². The molecule has 0 amide bonds. The third-order valence-corrected chi connectivity index (χ3v) is 3.96. The van der Waals surface area contributed by atoms with Gasteiger partial charge >= 0.3 is 53.6 Å². The van der Waals surface area contributed by atoms with Gasteiger partial charge < -0.3 is 4.74 Å². The van der Waals surface area contributed by atoms with Crippen LogP contribution in [0.2, 0.25) is 0 Å². The summed E-state index contributed by atoms with van der Waals surface area (Å²) in [6.45, 7) is -1.61. The second-order valence-corrected chi connectivity index (χ2v) is 6.36. The minimum absolute atomic E-state index is 0.617. The first kappa shape index (κ1) is 32.9. The van der Waals surface area contributed by atoms with Crippen molar-refractivity contribution in [1.29, 1.82) is 0 Å². The summed E-state index contributed by atoms with van der Waals surface area (Å²) in [6.07, 6.45) is -24.4. The number of esters is 1. The monoisotopic (exact) mass is 568 g/mol. The van der Waals surface area contributed by atoms with Crippen molar-refractivity contribution < 1.29 is 92.9 Å². The molecule has 0 saturated heterocycles. The Hall–Kier alpha value is -2.12. The van der Waals surface area contributed by atoms with Gasteiger partial charge in [0.1, 0.15) is 0 Å². The first-order valence-corrected chi connectivity index (χ1v) is 7.97. The van der Waals surface area contributed by atoms with Gasteiger partial charge in [0.05, 0.1) is 12.7 Å². The molecule has 0 unspecified atom stereocenters. The van der Waals surface area contributed by atoms with E-state index in [1.807, 2.05) is 0 Å². The van der Waals surface area contributed by atoms with Crippen molar-refractivity contribution in [2.24, 2.45) is 0 Å². The van der Waals surface area contributed by atoms with E-state index in [1.54, 1.807) is 0 Å². The molecule has 0 spiro atoms. The molecule has 0 aromatic heterocycles. The van der Waals surface area contributed by atoms with Gasteiger partial charge in [0.25, 0.3) is 6.08 Å². The van der Waals surface area contributed by atoms with Gasteiger partial charge in [-0.1, -0.05) is 0 Å². The standard InChI is InChI=1S/C14H7F19O2/c15-5(16)4-6(34)35-3-1-2-7(17,18)9(20,21)11(24,25)12(26,27)10(22,23)8(19,13(28,29)30)14(31,32)33/h4H,1-3H2. The lowest BCUT2D eigenvalue weighted by Gasteiger charge is -2.44. The zero-order valence-electron chi connectivity index (χ0n) is 15.7. The lowest BCUT2D eigenvalue weighted by atomic mass is 9.84. The average molecular weight is 568 g/mol. The Morgan fingerprint density at radius 2 is 0.971 bits per heavy atom. The molecule has 0 rings (SSSR count).